The number of hydrogen-bond acceptors (Lipinski definition) is 4. The van der Waals surface area contributed by atoms with E-state index in [0.29, 0.717) is 22.4 Å². The summed E-state index contributed by atoms with van der Waals surface area (Å²) in [7, 11) is 0. The van der Waals surface area contributed by atoms with Crippen molar-refractivity contribution in [1.82, 2.24) is 0 Å². The fourth-order valence-corrected chi connectivity index (χ4v) is 2.61. The van der Waals surface area contributed by atoms with E-state index in [0.717, 1.165) is 0 Å². The maximum Gasteiger partial charge on any atom is 0.344 e. The Balaban J connectivity index is 1.73. The van der Waals surface area contributed by atoms with E-state index in [-0.39, 0.29) is 5.78 Å². The summed E-state index contributed by atoms with van der Waals surface area (Å²) in [6.45, 7) is 0. The lowest BCUT2D eigenvalue weighted by Gasteiger charge is -2.05. The van der Waals surface area contributed by atoms with Crippen LogP contribution in [0.25, 0.3) is 0 Å². The molecule has 0 aliphatic carbocycles. The standard InChI is InChI=1S/C18H11FO3S/c19-15-5-1-12(2-6-15)17(20)13-3-7-16(8-4-13)22-18(21)14-9-10-23-11-14/h1-11H. The molecular weight excluding hydrogens is 315 g/mol. The second kappa shape index (κ2) is 6.54. The summed E-state index contributed by atoms with van der Waals surface area (Å²) in [6, 6.07) is 13.3. The lowest BCUT2D eigenvalue weighted by atomic mass is 10.0. The number of ketones is 1. The van der Waals surface area contributed by atoms with Gasteiger partial charge in [-0.2, -0.15) is 11.3 Å². The average molecular weight is 326 g/mol. The van der Waals surface area contributed by atoms with Crippen LogP contribution in [0.3, 0.4) is 0 Å². The first-order valence-electron chi connectivity index (χ1n) is 6.78. The minimum absolute atomic E-state index is 0.222. The molecule has 0 fully saturated rings. The summed E-state index contributed by atoms with van der Waals surface area (Å²) in [5.74, 6) is -0.696. The summed E-state index contributed by atoms with van der Waals surface area (Å²) in [5.41, 5.74) is 1.32. The Morgan fingerprint density at radius 2 is 1.43 bits per heavy atom. The molecule has 0 N–H and O–H groups in total. The van der Waals surface area contributed by atoms with Gasteiger partial charge in [0.25, 0.3) is 0 Å². The molecule has 3 rings (SSSR count). The number of benzene rings is 2. The van der Waals surface area contributed by atoms with Crippen molar-refractivity contribution in [1.29, 1.82) is 0 Å². The smallest absolute Gasteiger partial charge is 0.344 e. The number of carbonyl (C=O) groups excluding carboxylic acids is 2. The fourth-order valence-electron chi connectivity index (χ4n) is 1.99. The van der Waals surface area contributed by atoms with Gasteiger partial charge < -0.3 is 4.74 Å². The highest BCUT2D eigenvalue weighted by Gasteiger charge is 2.11. The topological polar surface area (TPSA) is 43.4 Å². The molecule has 1 heterocycles. The highest BCUT2D eigenvalue weighted by Crippen LogP contribution is 2.18. The van der Waals surface area contributed by atoms with E-state index >= 15 is 0 Å². The van der Waals surface area contributed by atoms with Crippen molar-refractivity contribution in [2.24, 2.45) is 0 Å². The first-order chi connectivity index (χ1) is 11.1. The van der Waals surface area contributed by atoms with Crippen LogP contribution in [0.15, 0.2) is 65.4 Å². The quantitative estimate of drug-likeness (QED) is 0.407. The van der Waals surface area contributed by atoms with Crippen molar-refractivity contribution >= 4 is 23.1 Å². The summed E-state index contributed by atoms with van der Waals surface area (Å²) < 4.78 is 18.1. The summed E-state index contributed by atoms with van der Waals surface area (Å²) in [5, 5.41) is 3.50. The predicted molar refractivity (Wildman–Crippen MR) is 85.6 cm³/mol. The van der Waals surface area contributed by atoms with Gasteiger partial charge >= 0.3 is 5.97 Å². The van der Waals surface area contributed by atoms with E-state index < -0.39 is 11.8 Å². The van der Waals surface area contributed by atoms with Crippen LogP contribution in [0.5, 0.6) is 5.75 Å². The fraction of sp³-hybridized carbons (Fsp3) is 0. The van der Waals surface area contributed by atoms with Crippen LogP contribution in [0.2, 0.25) is 0 Å². The summed E-state index contributed by atoms with van der Waals surface area (Å²) >= 11 is 1.41. The van der Waals surface area contributed by atoms with Gasteiger partial charge in [-0.25, -0.2) is 9.18 Å². The summed E-state index contributed by atoms with van der Waals surface area (Å²) in [4.78, 5) is 24.1. The van der Waals surface area contributed by atoms with E-state index in [2.05, 4.69) is 0 Å². The molecule has 23 heavy (non-hydrogen) atoms. The van der Waals surface area contributed by atoms with E-state index in [1.54, 1.807) is 41.1 Å². The molecule has 2 aromatic carbocycles. The highest BCUT2D eigenvalue weighted by molar-refractivity contribution is 7.08. The van der Waals surface area contributed by atoms with Gasteiger partial charge in [0, 0.05) is 16.5 Å². The Bertz CT molecular complexity index is 822. The van der Waals surface area contributed by atoms with Gasteiger partial charge in [0.2, 0.25) is 0 Å². The third-order valence-electron chi connectivity index (χ3n) is 3.19. The predicted octanol–water partition coefficient (Wildman–Crippen LogP) is 4.34. The Morgan fingerprint density at radius 1 is 0.826 bits per heavy atom. The molecule has 0 spiro atoms. The van der Waals surface area contributed by atoms with Crippen LogP contribution >= 0.6 is 11.3 Å². The molecule has 0 bridgehead atoms. The Kier molecular flexibility index (Phi) is 4.30. The number of thiophene rings is 1. The molecule has 114 valence electrons. The Morgan fingerprint density at radius 3 is 2.00 bits per heavy atom. The zero-order valence-corrected chi connectivity index (χ0v) is 12.7. The van der Waals surface area contributed by atoms with Crippen LogP contribution in [0, 0.1) is 5.82 Å². The number of hydrogen-bond donors (Lipinski definition) is 0. The number of halogens is 1. The molecule has 5 heteroatoms. The maximum atomic E-state index is 12.9. The van der Waals surface area contributed by atoms with Gasteiger partial charge in [-0.05, 0) is 60.0 Å². The van der Waals surface area contributed by atoms with Crippen LogP contribution in [-0.2, 0) is 0 Å². The molecule has 0 aliphatic rings. The normalized spacial score (nSPS) is 10.3. The molecule has 0 aliphatic heterocycles. The number of rotatable bonds is 4. The first kappa shape index (κ1) is 15.1. The zero-order chi connectivity index (χ0) is 16.2. The molecule has 0 radical (unpaired) electrons. The third kappa shape index (κ3) is 3.52. The molecular formula is C18H11FO3S. The molecule has 0 saturated heterocycles. The molecule has 0 atom stereocenters. The van der Waals surface area contributed by atoms with Gasteiger partial charge in [0.1, 0.15) is 11.6 Å². The lowest BCUT2D eigenvalue weighted by Crippen LogP contribution is -2.07. The highest BCUT2D eigenvalue weighted by atomic mass is 32.1. The second-order valence-corrected chi connectivity index (χ2v) is 5.54. The largest absolute Gasteiger partial charge is 0.423 e. The van der Waals surface area contributed by atoms with Gasteiger partial charge in [0.05, 0.1) is 5.56 Å². The first-order valence-corrected chi connectivity index (χ1v) is 7.72. The van der Waals surface area contributed by atoms with Crippen LogP contribution in [-0.4, -0.2) is 11.8 Å². The third-order valence-corrected chi connectivity index (χ3v) is 3.87. The molecule has 0 unspecified atom stereocenters. The SMILES string of the molecule is O=C(Oc1ccc(C(=O)c2ccc(F)cc2)cc1)c1ccsc1. The van der Waals surface area contributed by atoms with Crippen molar-refractivity contribution in [3.05, 3.63) is 87.9 Å². The van der Waals surface area contributed by atoms with E-state index in [4.69, 9.17) is 4.74 Å². The van der Waals surface area contributed by atoms with Crippen molar-refractivity contribution < 1.29 is 18.7 Å². The van der Waals surface area contributed by atoms with Gasteiger partial charge in [-0.3, -0.25) is 4.79 Å². The van der Waals surface area contributed by atoms with Crippen LogP contribution < -0.4 is 4.74 Å². The van der Waals surface area contributed by atoms with Gasteiger partial charge in [-0.1, -0.05) is 0 Å². The van der Waals surface area contributed by atoms with Crippen LogP contribution in [0.4, 0.5) is 4.39 Å². The minimum Gasteiger partial charge on any atom is -0.423 e. The summed E-state index contributed by atoms with van der Waals surface area (Å²) in [6.07, 6.45) is 0. The number of ether oxygens (including phenoxy) is 1. The van der Waals surface area contributed by atoms with Crippen molar-refractivity contribution in [2.75, 3.05) is 0 Å². The van der Waals surface area contributed by atoms with Gasteiger partial charge in [0.15, 0.2) is 5.78 Å². The van der Waals surface area contributed by atoms with E-state index in [1.807, 2.05) is 0 Å². The molecule has 3 aromatic rings. The van der Waals surface area contributed by atoms with Gasteiger partial charge in [-0.15, -0.1) is 0 Å². The monoisotopic (exact) mass is 326 g/mol. The minimum atomic E-state index is -0.441. The lowest BCUT2D eigenvalue weighted by molar-refractivity contribution is 0.0735. The number of carbonyl (C=O) groups is 2. The van der Waals surface area contributed by atoms with E-state index in [9.17, 15) is 14.0 Å². The number of esters is 1. The average Bonchev–Trinajstić information content (AvgIpc) is 3.10. The van der Waals surface area contributed by atoms with Crippen LogP contribution in [0.1, 0.15) is 26.3 Å². The second-order valence-electron chi connectivity index (χ2n) is 4.76. The van der Waals surface area contributed by atoms with Crippen molar-refractivity contribution in [3.8, 4) is 5.75 Å². The molecule has 3 nitrogen and oxygen atoms in total. The van der Waals surface area contributed by atoms with Crippen molar-refractivity contribution in [2.45, 2.75) is 0 Å². The van der Waals surface area contributed by atoms with E-state index in [1.165, 1.54) is 35.6 Å². The molecule has 0 saturated carbocycles. The van der Waals surface area contributed by atoms with Crippen molar-refractivity contribution in [3.63, 3.8) is 0 Å². The molecule has 0 amide bonds. The maximum absolute atomic E-state index is 12.9. The Labute approximate surface area is 136 Å². The zero-order valence-electron chi connectivity index (χ0n) is 11.9. The molecule has 1 aromatic heterocycles. The Hall–Kier alpha value is -2.79.